The molecular weight excluding hydrogens is 250 g/mol. The first-order valence-electron chi connectivity index (χ1n) is 5.48. The number of aldehydes is 1. The van der Waals surface area contributed by atoms with Gasteiger partial charge in [-0.05, 0) is 12.1 Å². The lowest BCUT2D eigenvalue weighted by Gasteiger charge is -2.06. The number of hydrogen-bond acceptors (Lipinski definition) is 5. The summed E-state index contributed by atoms with van der Waals surface area (Å²) >= 11 is 0. The largest absolute Gasteiger partial charge is 0.496 e. The molecule has 0 aliphatic heterocycles. The van der Waals surface area contributed by atoms with Crippen LogP contribution in [-0.2, 0) is 4.74 Å². The molecule has 0 radical (unpaired) electrons. The van der Waals surface area contributed by atoms with Crippen LogP contribution in [0.2, 0.25) is 0 Å². The Kier molecular flexibility index (Phi) is 3.41. The molecule has 0 spiro atoms. The second-order valence-corrected chi connectivity index (χ2v) is 3.74. The van der Waals surface area contributed by atoms with Crippen molar-refractivity contribution < 1.29 is 23.8 Å². The lowest BCUT2D eigenvalue weighted by molar-refractivity contribution is 0.0593. The lowest BCUT2D eigenvalue weighted by atomic mass is 10.1. The molecule has 0 fully saturated rings. The van der Waals surface area contributed by atoms with Crippen molar-refractivity contribution in [2.75, 3.05) is 21.3 Å². The third-order valence-electron chi connectivity index (χ3n) is 2.86. The zero-order valence-corrected chi connectivity index (χ0v) is 10.8. The van der Waals surface area contributed by atoms with E-state index in [0.717, 1.165) is 0 Å². The maximum Gasteiger partial charge on any atom is 0.355 e. The van der Waals surface area contributed by atoms with Crippen LogP contribution in [0.3, 0.4) is 0 Å². The summed E-state index contributed by atoms with van der Waals surface area (Å²) in [4.78, 5) is 25.8. The summed E-state index contributed by atoms with van der Waals surface area (Å²) in [6, 6.07) is 3.36. The number of esters is 1. The Morgan fingerprint density at radius 2 is 1.79 bits per heavy atom. The molecule has 19 heavy (non-hydrogen) atoms. The molecule has 0 aliphatic carbocycles. The molecule has 0 saturated heterocycles. The van der Waals surface area contributed by atoms with Gasteiger partial charge in [-0.15, -0.1) is 0 Å². The summed E-state index contributed by atoms with van der Waals surface area (Å²) in [6.07, 6.45) is 0.590. The number of carbonyl (C=O) groups excluding carboxylic acids is 2. The molecule has 6 nitrogen and oxygen atoms in total. The minimum atomic E-state index is -0.623. The number of H-pyrrole nitrogens is 1. The van der Waals surface area contributed by atoms with Crippen molar-refractivity contribution in [1.82, 2.24) is 4.98 Å². The van der Waals surface area contributed by atoms with Crippen LogP contribution in [0.1, 0.15) is 20.8 Å². The first-order valence-corrected chi connectivity index (χ1v) is 5.48. The Morgan fingerprint density at radius 3 is 2.32 bits per heavy atom. The fourth-order valence-electron chi connectivity index (χ4n) is 1.99. The van der Waals surface area contributed by atoms with Gasteiger partial charge in [-0.25, -0.2) is 4.79 Å². The predicted molar refractivity (Wildman–Crippen MR) is 68.1 cm³/mol. The van der Waals surface area contributed by atoms with Crippen molar-refractivity contribution in [3.05, 3.63) is 23.4 Å². The molecule has 0 aliphatic rings. The van der Waals surface area contributed by atoms with Crippen LogP contribution < -0.4 is 9.47 Å². The van der Waals surface area contributed by atoms with Gasteiger partial charge in [0.25, 0.3) is 0 Å². The number of fused-ring (bicyclic) bond motifs is 1. The highest BCUT2D eigenvalue weighted by molar-refractivity contribution is 6.11. The van der Waals surface area contributed by atoms with Gasteiger partial charge in [-0.1, -0.05) is 0 Å². The number of methoxy groups -OCH3 is 3. The lowest BCUT2D eigenvalue weighted by Crippen LogP contribution is -2.04. The molecule has 2 aromatic rings. The molecule has 0 unspecified atom stereocenters. The van der Waals surface area contributed by atoms with Crippen LogP contribution in [0.5, 0.6) is 11.5 Å². The topological polar surface area (TPSA) is 77.6 Å². The smallest absolute Gasteiger partial charge is 0.355 e. The van der Waals surface area contributed by atoms with Crippen LogP contribution in [0.25, 0.3) is 10.9 Å². The standard InChI is InChI=1S/C13H13NO5/c1-17-8-4-5-9(18-2)12-10(8)7(6-15)11(14-12)13(16)19-3/h4-6,14H,1-3H3. The van der Waals surface area contributed by atoms with E-state index in [2.05, 4.69) is 9.72 Å². The Balaban J connectivity index is 2.87. The molecule has 0 atom stereocenters. The molecule has 1 aromatic heterocycles. The second kappa shape index (κ2) is 5.01. The number of aromatic amines is 1. The Bertz CT molecular complexity index is 644. The van der Waals surface area contributed by atoms with Crippen molar-refractivity contribution in [1.29, 1.82) is 0 Å². The fourth-order valence-corrected chi connectivity index (χ4v) is 1.99. The summed E-state index contributed by atoms with van der Waals surface area (Å²) in [6.45, 7) is 0. The monoisotopic (exact) mass is 263 g/mol. The summed E-state index contributed by atoms with van der Waals surface area (Å²) in [5.41, 5.74) is 0.789. The van der Waals surface area contributed by atoms with Gasteiger partial charge in [0, 0.05) is 0 Å². The molecule has 0 bridgehead atoms. The van der Waals surface area contributed by atoms with Crippen molar-refractivity contribution in [2.24, 2.45) is 0 Å². The van der Waals surface area contributed by atoms with E-state index in [-0.39, 0.29) is 11.3 Å². The molecule has 6 heteroatoms. The SMILES string of the molecule is COC(=O)c1[nH]c2c(OC)ccc(OC)c2c1C=O. The third kappa shape index (κ3) is 1.91. The van der Waals surface area contributed by atoms with Crippen LogP contribution in [0.15, 0.2) is 12.1 Å². The summed E-state index contributed by atoms with van der Waals surface area (Å²) < 4.78 is 15.1. The average Bonchev–Trinajstić information content (AvgIpc) is 2.84. The summed E-state index contributed by atoms with van der Waals surface area (Å²) in [5.74, 6) is 0.362. The minimum absolute atomic E-state index is 0.0790. The summed E-state index contributed by atoms with van der Waals surface area (Å²) in [7, 11) is 4.23. The molecule has 100 valence electrons. The van der Waals surface area contributed by atoms with Crippen molar-refractivity contribution in [2.45, 2.75) is 0 Å². The van der Waals surface area contributed by atoms with Crippen LogP contribution in [0.4, 0.5) is 0 Å². The summed E-state index contributed by atoms with van der Waals surface area (Å²) in [5, 5.41) is 0.497. The van der Waals surface area contributed by atoms with E-state index in [1.807, 2.05) is 0 Å². The van der Waals surface area contributed by atoms with E-state index in [1.165, 1.54) is 21.3 Å². The van der Waals surface area contributed by atoms with E-state index < -0.39 is 5.97 Å². The fraction of sp³-hybridized carbons (Fsp3) is 0.231. The first kappa shape index (κ1) is 12.9. The van der Waals surface area contributed by atoms with Gasteiger partial charge < -0.3 is 19.2 Å². The third-order valence-corrected chi connectivity index (χ3v) is 2.86. The Morgan fingerprint density at radius 1 is 1.16 bits per heavy atom. The number of benzene rings is 1. The van der Waals surface area contributed by atoms with E-state index in [4.69, 9.17) is 9.47 Å². The highest BCUT2D eigenvalue weighted by Gasteiger charge is 2.22. The number of aromatic nitrogens is 1. The van der Waals surface area contributed by atoms with Crippen molar-refractivity contribution in [3.8, 4) is 11.5 Å². The van der Waals surface area contributed by atoms with E-state index in [1.54, 1.807) is 12.1 Å². The molecule has 1 heterocycles. The predicted octanol–water partition coefficient (Wildman–Crippen LogP) is 1.78. The van der Waals surface area contributed by atoms with E-state index >= 15 is 0 Å². The van der Waals surface area contributed by atoms with Gasteiger partial charge >= 0.3 is 5.97 Å². The van der Waals surface area contributed by atoms with Gasteiger partial charge in [0.2, 0.25) is 0 Å². The zero-order chi connectivity index (χ0) is 14.0. The van der Waals surface area contributed by atoms with Crippen LogP contribution >= 0.6 is 0 Å². The normalized spacial score (nSPS) is 10.3. The minimum Gasteiger partial charge on any atom is -0.496 e. The number of ether oxygens (including phenoxy) is 3. The Labute approximate surface area is 109 Å². The number of carbonyl (C=O) groups is 2. The second-order valence-electron chi connectivity index (χ2n) is 3.74. The van der Waals surface area contributed by atoms with Crippen LogP contribution in [-0.4, -0.2) is 38.6 Å². The highest BCUT2D eigenvalue weighted by Crippen LogP contribution is 2.36. The molecule has 0 saturated carbocycles. The van der Waals surface area contributed by atoms with Gasteiger partial charge in [-0.3, -0.25) is 4.79 Å². The van der Waals surface area contributed by atoms with Gasteiger partial charge in [-0.2, -0.15) is 0 Å². The molecule has 1 aromatic carbocycles. The molecule has 2 rings (SSSR count). The molecule has 0 amide bonds. The van der Waals surface area contributed by atoms with Crippen LogP contribution in [0, 0.1) is 0 Å². The molecule has 1 N–H and O–H groups in total. The van der Waals surface area contributed by atoms with Gasteiger partial charge in [0.15, 0.2) is 6.29 Å². The number of rotatable bonds is 4. The quantitative estimate of drug-likeness (QED) is 0.672. The van der Waals surface area contributed by atoms with E-state index in [0.29, 0.717) is 28.7 Å². The average molecular weight is 263 g/mol. The van der Waals surface area contributed by atoms with Gasteiger partial charge in [0.05, 0.1) is 37.8 Å². The Hall–Kier alpha value is -2.50. The van der Waals surface area contributed by atoms with Gasteiger partial charge in [0.1, 0.15) is 17.2 Å². The first-order chi connectivity index (χ1) is 9.17. The van der Waals surface area contributed by atoms with Crippen molar-refractivity contribution in [3.63, 3.8) is 0 Å². The number of hydrogen-bond donors (Lipinski definition) is 1. The maximum absolute atomic E-state index is 11.7. The number of nitrogens with one attached hydrogen (secondary N) is 1. The maximum atomic E-state index is 11.7. The zero-order valence-electron chi connectivity index (χ0n) is 10.8. The molecular formula is C13H13NO5. The highest BCUT2D eigenvalue weighted by atomic mass is 16.5. The van der Waals surface area contributed by atoms with E-state index in [9.17, 15) is 9.59 Å². The van der Waals surface area contributed by atoms with Crippen molar-refractivity contribution >= 4 is 23.2 Å².